The molecule has 1 saturated heterocycles. The number of aryl methyl sites for hydroxylation is 2. The molecule has 33 heavy (non-hydrogen) atoms. The van der Waals surface area contributed by atoms with Gasteiger partial charge in [-0.15, -0.1) is 0 Å². The molecule has 2 amide bonds. The van der Waals surface area contributed by atoms with E-state index in [-0.39, 0.29) is 23.3 Å². The van der Waals surface area contributed by atoms with E-state index in [1.807, 2.05) is 6.92 Å². The number of halogens is 1. The molecule has 9 heteroatoms. The van der Waals surface area contributed by atoms with Crippen LogP contribution in [0.3, 0.4) is 0 Å². The van der Waals surface area contributed by atoms with E-state index in [1.54, 1.807) is 41.3 Å². The summed E-state index contributed by atoms with van der Waals surface area (Å²) in [5.74, 6) is -0.676. The highest BCUT2D eigenvalue weighted by atomic mass is 35.5. The zero-order chi connectivity index (χ0) is 23.8. The van der Waals surface area contributed by atoms with Crippen molar-refractivity contribution in [2.24, 2.45) is 5.92 Å². The molecule has 1 N–H and O–H groups in total. The minimum absolute atomic E-state index is 0.0487. The van der Waals surface area contributed by atoms with Crippen LogP contribution in [-0.2, 0) is 26.0 Å². The summed E-state index contributed by atoms with van der Waals surface area (Å²) in [7, 11) is -3.75. The highest BCUT2D eigenvalue weighted by molar-refractivity contribution is 7.89. The van der Waals surface area contributed by atoms with Gasteiger partial charge in [0.05, 0.1) is 10.8 Å². The lowest BCUT2D eigenvalue weighted by molar-refractivity contribution is -0.121. The smallest absolute Gasteiger partial charge is 0.243 e. The molecule has 1 unspecified atom stereocenters. The van der Waals surface area contributed by atoms with E-state index >= 15 is 0 Å². The number of hydrogen-bond donors (Lipinski definition) is 1. The number of hydrogen-bond acceptors (Lipinski definition) is 4. The van der Waals surface area contributed by atoms with Gasteiger partial charge in [0.25, 0.3) is 0 Å². The van der Waals surface area contributed by atoms with E-state index < -0.39 is 15.9 Å². The van der Waals surface area contributed by atoms with E-state index in [1.165, 1.54) is 11.2 Å². The number of fused-ring (bicyclic) bond motifs is 1. The molecular formula is C24H28ClN3O4S. The standard InChI is InChI=1S/C24H28ClN3O4S/c1-16-13-20(25)7-9-22(16)26-24(30)19-6-3-11-27(15-19)33(31,32)21-8-10-23-18(14-21)5-4-12-28(23)17(2)29/h7-10,13-14,19H,3-6,11-12,15H2,1-2H3,(H,26,30). The van der Waals surface area contributed by atoms with Crippen molar-refractivity contribution in [3.05, 3.63) is 52.5 Å². The average molecular weight is 490 g/mol. The maximum atomic E-state index is 13.4. The lowest BCUT2D eigenvalue weighted by Gasteiger charge is -2.32. The number of piperidine rings is 1. The van der Waals surface area contributed by atoms with Crippen LogP contribution in [0.25, 0.3) is 0 Å². The topological polar surface area (TPSA) is 86.8 Å². The number of carbonyl (C=O) groups is 2. The number of nitrogens with zero attached hydrogens (tertiary/aromatic N) is 2. The Balaban J connectivity index is 1.51. The third-order valence-corrected chi connectivity index (χ3v) is 8.48. The molecule has 0 aromatic heterocycles. The minimum atomic E-state index is -3.75. The first-order valence-electron chi connectivity index (χ1n) is 11.1. The van der Waals surface area contributed by atoms with Crippen molar-refractivity contribution in [2.75, 3.05) is 29.9 Å². The van der Waals surface area contributed by atoms with Crippen molar-refractivity contribution < 1.29 is 18.0 Å². The van der Waals surface area contributed by atoms with E-state index in [0.29, 0.717) is 36.6 Å². The second-order valence-corrected chi connectivity index (χ2v) is 11.1. The Labute approximate surface area is 199 Å². The first-order valence-corrected chi connectivity index (χ1v) is 13.0. The third-order valence-electron chi connectivity index (χ3n) is 6.39. The van der Waals surface area contributed by atoms with Crippen LogP contribution < -0.4 is 10.2 Å². The maximum Gasteiger partial charge on any atom is 0.243 e. The van der Waals surface area contributed by atoms with Crippen molar-refractivity contribution >= 4 is 44.8 Å². The van der Waals surface area contributed by atoms with E-state index in [4.69, 9.17) is 11.6 Å². The van der Waals surface area contributed by atoms with Crippen LogP contribution in [0.1, 0.15) is 37.3 Å². The SMILES string of the molecule is CC(=O)N1CCCc2cc(S(=O)(=O)N3CCCC(C(=O)Nc4ccc(Cl)cc4C)C3)ccc21. The Morgan fingerprint density at radius 2 is 1.88 bits per heavy atom. The van der Waals surface area contributed by atoms with E-state index in [2.05, 4.69) is 5.32 Å². The van der Waals surface area contributed by atoms with Crippen LogP contribution in [-0.4, -0.2) is 44.2 Å². The minimum Gasteiger partial charge on any atom is -0.326 e. The molecule has 2 heterocycles. The molecule has 7 nitrogen and oxygen atoms in total. The zero-order valence-corrected chi connectivity index (χ0v) is 20.4. The molecule has 0 aliphatic carbocycles. The van der Waals surface area contributed by atoms with E-state index in [9.17, 15) is 18.0 Å². The zero-order valence-electron chi connectivity index (χ0n) is 18.8. The van der Waals surface area contributed by atoms with Gasteiger partial charge in [-0.1, -0.05) is 11.6 Å². The summed E-state index contributed by atoms with van der Waals surface area (Å²) >= 11 is 5.99. The fourth-order valence-electron chi connectivity index (χ4n) is 4.59. The molecule has 176 valence electrons. The summed E-state index contributed by atoms with van der Waals surface area (Å²) < 4.78 is 28.2. The Morgan fingerprint density at radius 1 is 1.09 bits per heavy atom. The van der Waals surface area contributed by atoms with Crippen molar-refractivity contribution in [1.82, 2.24) is 4.31 Å². The Hall–Kier alpha value is -2.42. The normalized spacial score (nSPS) is 19.1. The van der Waals surface area contributed by atoms with Crippen LogP contribution in [0.5, 0.6) is 0 Å². The molecular weight excluding hydrogens is 462 g/mol. The molecule has 4 rings (SSSR count). The van der Waals surface area contributed by atoms with Crippen LogP contribution >= 0.6 is 11.6 Å². The molecule has 1 atom stereocenters. The first-order chi connectivity index (χ1) is 15.7. The highest BCUT2D eigenvalue weighted by Gasteiger charge is 2.34. The monoisotopic (exact) mass is 489 g/mol. The van der Waals surface area contributed by atoms with Crippen LogP contribution in [0.4, 0.5) is 11.4 Å². The van der Waals surface area contributed by atoms with Crippen molar-refractivity contribution in [3.63, 3.8) is 0 Å². The molecule has 2 aromatic carbocycles. The number of rotatable bonds is 4. The fraction of sp³-hybridized carbons (Fsp3) is 0.417. The van der Waals surface area contributed by atoms with Crippen molar-refractivity contribution in [3.8, 4) is 0 Å². The van der Waals surface area contributed by atoms with Gasteiger partial charge in [-0.2, -0.15) is 4.31 Å². The van der Waals surface area contributed by atoms with Gasteiger partial charge >= 0.3 is 0 Å². The second-order valence-electron chi connectivity index (χ2n) is 8.72. The van der Waals surface area contributed by atoms with Gasteiger partial charge in [0.1, 0.15) is 0 Å². The van der Waals surface area contributed by atoms with Crippen LogP contribution in [0.2, 0.25) is 5.02 Å². The van der Waals surface area contributed by atoms with Gasteiger partial charge < -0.3 is 10.2 Å². The summed E-state index contributed by atoms with van der Waals surface area (Å²) in [6, 6.07) is 10.2. The average Bonchev–Trinajstić information content (AvgIpc) is 2.80. The van der Waals surface area contributed by atoms with Gasteiger partial charge in [-0.3, -0.25) is 9.59 Å². The number of carbonyl (C=O) groups excluding carboxylic acids is 2. The molecule has 2 aliphatic rings. The first kappa shape index (κ1) is 23.7. The molecule has 0 bridgehead atoms. The maximum absolute atomic E-state index is 13.4. The highest BCUT2D eigenvalue weighted by Crippen LogP contribution is 2.32. The van der Waals surface area contributed by atoms with Crippen molar-refractivity contribution in [2.45, 2.75) is 44.4 Å². The number of benzene rings is 2. The Kier molecular flexibility index (Phi) is 6.79. The lowest BCUT2D eigenvalue weighted by atomic mass is 9.98. The number of sulfonamides is 1. The van der Waals surface area contributed by atoms with Crippen molar-refractivity contribution in [1.29, 1.82) is 0 Å². The third kappa shape index (κ3) is 4.93. The summed E-state index contributed by atoms with van der Waals surface area (Å²) in [5, 5.41) is 3.51. The summed E-state index contributed by atoms with van der Waals surface area (Å²) in [4.78, 5) is 26.7. The number of amides is 2. The molecule has 0 radical (unpaired) electrons. The predicted octanol–water partition coefficient (Wildman–Crippen LogP) is 3.99. The number of nitrogens with one attached hydrogen (secondary N) is 1. The fourth-order valence-corrected chi connectivity index (χ4v) is 6.39. The van der Waals surface area contributed by atoms with Gasteiger partial charge in [0.2, 0.25) is 21.8 Å². The summed E-state index contributed by atoms with van der Waals surface area (Å²) in [5.41, 5.74) is 3.17. The van der Waals surface area contributed by atoms with Crippen LogP contribution in [0, 0.1) is 12.8 Å². The van der Waals surface area contributed by atoms with Gasteiger partial charge in [0, 0.05) is 43.0 Å². The molecule has 2 aliphatic heterocycles. The number of anilines is 2. The van der Waals surface area contributed by atoms with Gasteiger partial charge in [-0.05, 0) is 80.1 Å². The molecule has 2 aromatic rings. The van der Waals surface area contributed by atoms with E-state index in [0.717, 1.165) is 29.7 Å². The van der Waals surface area contributed by atoms with Gasteiger partial charge in [-0.25, -0.2) is 8.42 Å². The molecule has 0 spiro atoms. The molecule has 1 fully saturated rings. The van der Waals surface area contributed by atoms with Crippen LogP contribution in [0.15, 0.2) is 41.3 Å². The van der Waals surface area contributed by atoms with Gasteiger partial charge in [0.15, 0.2) is 0 Å². The predicted molar refractivity (Wildman–Crippen MR) is 129 cm³/mol. The largest absolute Gasteiger partial charge is 0.326 e. The quantitative estimate of drug-likeness (QED) is 0.703. The lowest BCUT2D eigenvalue weighted by Crippen LogP contribution is -2.43. The second kappa shape index (κ2) is 9.44. The Morgan fingerprint density at radius 3 is 2.61 bits per heavy atom. The summed E-state index contributed by atoms with van der Waals surface area (Å²) in [6.45, 7) is 4.54. The Bertz CT molecular complexity index is 1200. The molecule has 0 saturated carbocycles. The summed E-state index contributed by atoms with van der Waals surface area (Å²) in [6.07, 6.45) is 2.77.